The summed E-state index contributed by atoms with van der Waals surface area (Å²) in [5.41, 5.74) is 7.59. The number of hydrogen-bond acceptors (Lipinski definition) is 5. The molecule has 0 spiro atoms. The van der Waals surface area contributed by atoms with Crippen LogP contribution in [0.25, 0.3) is 11.2 Å². The van der Waals surface area contributed by atoms with Crippen LogP contribution >= 0.6 is 0 Å². The zero-order chi connectivity index (χ0) is 22.1. The van der Waals surface area contributed by atoms with Gasteiger partial charge in [0.1, 0.15) is 0 Å². The third-order valence-electron chi connectivity index (χ3n) is 5.88. The number of aryl methyl sites for hydroxylation is 2. The minimum absolute atomic E-state index is 0.0764. The van der Waals surface area contributed by atoms with E-state index in [0.29, 0.717) is 43.3 Å². The minimum Gasteiger partial charge on any atom is -0.352 e. The highest BCUT2D eigenvalue weighted by atomic mass is 16.2. The van der Waals surface area contributed by atoms with Crippen molar-refractivity contribution >= 4 is 17.1 Å². The Kier molecular flexibility index (Phi) is 5.86. The molecule has 3 aromatic rings. The van der Waals surface area contributed by atoms with Crippen LogP contribution in [0.2, 0.25) is 0 Å². The van der Waals surface area contributed by atoms with Crippen molar-refractivity contribution in [1.82, 2.24) is 23.3 Å². The predicted molar refractivity (Wildman–Crippen MR) is 123 cm³/mol. The van der Waals surface area contributed by atoms with Gasteiger partial charge in [-0.2, -0.15) is 4.98 Å². The lowest BCUT2D eigenvalue weighted by atomic mass is 10.1. The topological polar surface area (TPSA) is 96.0 Å². The summed E-state index contributed by atoms with van der Waals surface area (Å²) < 4.78 is 6.69. The Morgan fingerprint density at radius 3 is 2.61 bits per heavy atom. The second-order valence-electron chi connectivity index (χ2n) is 8.54. The lowest BCUT2D eigenvalue weighted by Gasteiger charge is -2.31. The summed E-state index contributed by atoms with van der Waals surface area (Å²) in [5, 5.41) is 0. The van der Waals surface area contributed by atoms with Crippen molar-refractivity contribution < 1.29 is 0 Å². The number of nitrogens with zero attached hydrogens (tertiary/aromatic N) is 6. The molecule has 166 valence electrons. The Morgan fingerprint density at radius 2 is 1.94 bits per heavy atom. The summed E-state index contributed by atoms with van der Waals surface area (Å²) in [4.78, 5) is 33.4. The van der Waals surface area contributed by atoms with Gasteiger partial charge in [0.25, 0.3) is 5.56 Å². The maximum Gasteiger partial charge on any atom is 0.332 e. The van der Waals surface area contributed by atoms with Crippen molar-refractivity contribution in [2.75, 3.05) is 18.0 Å². The fraction of sp³-hybridized carbons (Fsp3) is 0.500. The molecule has 9 nitrogen and oxygen atoms in total. The van der Waals surface area contributed by atoms with Gasteiger partial charge in [0.05, 0.1) is 0 Å². The lowest BCUT2D eigenvalue weighted by Crippen LogP contribution is -2.44. The molecule has 1 aliphatic rings. The molecule has 4 heterocycles. The lowest BCUT2D eigenvalue weighted by molar-refractivity contribution is 0.495. The van der Waals surface area contributed by atoms with Crippen LogP contribution < -0.4 is 21.9 Å². The number of rotatable bonds is 6. The fourth-order valence-electron chi connectivity index (χ4n) is 4.17. The summed E-state index contributed by atoms with van der Waals surface area (Å²) in [6.45, 7) is 6.94. The van der Waals surface area contributed by atoms with Gasteiger partial charge in [0.2, 0.25) is 5.95 Å². The van der Waals surface area contributed by atoms with E-state index in [-0.39, 0.29) is 17.3 Å². The van der Waals surface area contributed by atoms with Crippen LogP contribution in [0.5, 0.6) is 0 Å². The summed E-state index contributed by atoms with van der Waals surface area (Å²) in [6.07, 6.45) is 7.88. The number of anilines is 1. The van der Waals surface area contributed by atoms with Crippen LogP contribution in [0.4, 0.5) is 5.95 Å². The molecule has 1 saturated heterocycles. The van der Waals surface area contributed by atoms with Gasteiger partial charge < -0.3 is 19.8 Å². The highest BCUT2D eigenvalue weighted by molar-refractivity contribution is 5.74. The molecule has 4 rings (SSSR count). The van der Waals surface area contributed by atoms with E-state index in [0.717, 1.165) is 25.0 Å². The van der Waals surface area contributed by atoms with Crippen LogP contribution in [-0.2, 0) is 26.7 Å². The van der Waals surface area contributed by atoms with Crippen molar-refractivity contribution in [3.05, 3.63) is 57.0 Å². The van der Waals surface area contributed by atoms with Gasteiger partial charge in [-0.05, 0) is 38.8 Å². The highest BCUT2D eigenvalue weighted by Gasteiger charge is 2.26. The fourth-order valence-corrected chi connectivity index (χ4v) is 4.17. The van der Waals surface area contributed by atoms with E-state index in [1.807, 2.05) is 47.5 Å². The van der Waals surface area contributed by atoms with Gasteiger partial charge in [-0.3, -0.25) is 13.9 Å². The zero-order valence-electron chi connectivity index (χ0n) is 18.5. The Labute approximate surface area is 181 Å². The average molecular weight is 426 g/mol. The monoisotopic (exact) mass is 425 g/mol. The van der Waals surface area contributed by atoms with Gasteiger partial charge in [0, 0.05) is 58.2 Å². The molecule has 2 N–H and O–H groups in total. The zero-order valence-corrected chi connectivity index (χ0v) is 18.5. The van der Waals surface area contributed by atoms with E-state index < -0.39 is 0 Å². The number of hydrogen-bond donors (Lipinski definition) is 1. The van der Waals surface area contributed by atoms with Gasteiger partial charge in [-0.15, -0.1) is 0 Å². The molecule has 1 fully saturated rings. The second-order valence-corrected chi connectivity index (χ2v) is 8.54. The first kappa shape index (κ1) is 21.2. The predicted octanol–water partition coefficient (Wildman–Crippen LogP) is 1.29. The Morgan fingerprint density at radius 1 is 1.19 bits per heavy atom. The Hall–Kier alpha value is -3.07. The molecule has 1 atom stereocenters. The first-order valence-corrected chi connectivity index (χ1v) is 10.8. The summed E-state index contributed by atoms with van der Waals surface area (Å²) in [7, 11) is 1.68. The Balaban J connectivity index is 1.87. The van der Waals surface area contributed by atoms with Gasteiger partial charge in [-0.25, -0.2) is 4.79 Å². The van der Waals surface area contributed by atoms with E-state index in [2.05, 4.69) is 11.0 Å². The number of nitrogens with two attached hydrogens (primary N) is 1. The summed E-state index contributed by atoms with van der Waals surface area (Å²) in [5.74, 6) is 0.706. The maximum absolute atomic E-state index is 13.5. The van der Waals surface area contributed by atoms with Gasteiger partial charge >= 0.3 is 5.69 Å². The first-order chi connectivity index (χ1) is 14.9. The molecule has 3 aromatic heterocycles. The SMILES string of the molecule is CC(C)=CCn1c(N2CCCC(N)C2)nc2c1c(=O)n(CCn1cccc1)c(=O)n2C. The van der Waals surface area contributed by atoms with Crippen LogP contribution in [0.3, 0.4) is 0 Å². The summed E-state index contributed by atoms with van der Waals surface area (Å²) in [6, 6.07) is 3.93. The van der Waals surface area contributed by atoms with Crippen molar-refractivity contribution in [1.29, 1.82) is 0 Å². The van der Waals surface area contributed by atoms with Crippen LogP contribution in [0.1, 0.15) is 26.7 Å². The average Bonchev–Trinajstić information content (AvgIpc) is 3.38. The maximum atomic E-state index is 13.5. The third-order valence-corrected chi connectivity index (χ3v) is 5.88. The van der Waals surface area contributed by atoms with Gasteiger partial charge in [0.15, 0.2) is 11.2 Å². The minimum atomic E-state index is -0.349. The van der Waals surface area contributed by atoms with Crippen molar-refractivity contribution in [3.8, 4) is 0 Å². The largest absolute Gasteiger partial charge is 0.352 e. The number of fused-ring (bicyclic) bond motifs is 1. The smallest absolute Gasteiger partial charge is 0.332 e. The van der Waals surface area contributed by atoms with E-state index in [1.54, 1.807) is 7.05 Å². The second kappa shape index (κ2) is 8.58. The molecule has 0 radical (unpaired) electrons. The quantitative estimate of drug-likeness (QED) is 0.601. The molecular formula is C22H31N7O2. The van der Waals surface area contributed by atoms with E-state index in [4.69, 9.17) is 10.7 Å². The normalized spacial score (nSPS) is 16.8. The molecule has 9 heteroatoms. The molecule has 0 aromatic carbocycles. The van der Waals surface area contributed by atoms with Crippen molar-refractivity contribution in [2.45, 2.75) is 52.4 Å². The Bertz CT molecular complexity index is 1210. The van der Waals surface area contributed by atoms with E-state index in [1.165, 1.54) is 9.13 Å². The van der Waals surface area contributed by atoms with Crippen molar-refractivity contribution in [2.24, 2.45) is 12.8 Å². The number of allylic oxidation sites excluding steroid dienone is 2. The standard InChI is InChI=1S/C22H31N7O2/c1-16(2)8-12-28-18-19(24-21(28)27-11-6-7-17(23)15-27)25(3)22(31)29(20(18)30)14-13-26-9-4-5-10-26/h4-5,8-10,17H,6-7,11-15,23H2,1-3H3. The molecular weight excluding hydrogens is 394 g/mol. The van der Waals surface area contributed by atoms with Gasteiger partial charge in [-0.1, -0.05) is 11.6 Å². The third kappa shape index (κ3) is 4.10. The first-order valence-electron chi connectivity index (χ1n) is 10.8. The number of aromatic nitrogens is 5. The van der Waals surface area contributed by atoms with Crippen LogP contribution in [0.15, 0.2) is 45.8 Å². The number of piperidine rings is 1. The van der Waals surface area contributed by atoms with Crippen LogP contribution in [-0.4, -0.2) is 42.4 Å². The molecule has 31 heavy (non-hydrogen) atoms. The summed E-state index contributed by atoms with van der Waals surface area (Å²) >= 11 is 0. The molecule has 1 aliphatic heterocycles. The van der Waals surface area contributed by atoms with Crippen molar-refractivity contribution in [3.63, 3.8) is 0 Å². The highest BCUT2D eigenvalue weighted by Crippen LogP contribution is 2.23. The molecule has 0 amide bonds. The van der Waals surface area contributed by atoms with E-state index >= 15 is 0 Å². The molecule has 0 saturated carbocycles. The molecule has 0 aliphatic carbocycles. The number of imidazole rings is 1. The molecule has 1 unspecified atom stereocenters. The molecule has 0 bridgehead atoms. The van der Waals surface area contributed by atoms with E-state index in [9.17, 15) is 9.59 Å². The van der Waals surface area contributed by atoms with Crippen LogP contribution in [0, 0.1) is 0 Å².